The number of benzene rings is 1. The molecular weight excluding hydrogens is 258 g/mol. The second-order valence-corrected chi connectivity index (χ2v) is 4.57. The van der Waals surface area contributed by atoms with Crippen LogP contribution in [0, 0.1) is 6.92 Å². The molecular formula is C15H15NO4. The molecule has 1 aromatic carbocycles. The summed E-state index contributed by atoms with van der Waals surface area (Å²) >= 11 is 0. The van der Waals surface area contributed by atoms with Crippen LogP contribution in [0.4, 0.5) is 0 Å². The van der Waals surface area contributed by atoms with Crippen molar-refractivity contribution in [3.8, 4) is 5.75 Å². The Kier molecular flexibility index (Phi) is 3.89. The standard InChI is InChI=1S/C15H15NO4/c1-10-14(18)13(17)7-8-16(10)12(15(19)20)9-11-5-3-2-4-6-11/h2-8,12,18H,9H2,1H3,(H,19,20). The quantitative estimate of drug-likeness (QED) is 0.889. The van der Waals surface area contributed by atoms with Gasteiger partial charge in [0, 0.05) is 18.7 Å². The van der Waals surface area contributed by atoms with Crippen molar-refractivity contribution in [2.45, 2.75) is 19.4 Å². The topological polar surface area (TPSA) is 79.5 Å². The van der Waals surface area contributed by atoms with Gasteiger partial charge >= 0.3 is 5.97 Å². The molecule has 20 heavy (non-hydrogen) atoms. The Morgan fingerprint density at radius 2 is 1.90 bits per heavy atom. The summed E-state index contributed by atoms with van der Waals surface area (Å²) in [6.07, 6.45) is 1.68. The summed E-state index contributed by atoms with van der Waals surface area (Å²) in [5.41, 5.74) is 0.612. The first-order valence-electron chi connectivity index (χ1n) is 6.18. The lowest BCUT2D eigenvalue weighted by Gasteiger charge is -2.19. The van der Waals surface area contributed by atoms with Gasteiger partial charge in [0.25, 0.3) is 0 Å². The number of carbonyl (C=O) groups is 1. The van der Waals surface area contributed by atoms with Gasteiger partial charge in [0.2, 0.25) is 5.43 Å². The Hall–Kier alpha value is -2.56. The van der Waals surface area contributed by atoms with Gasteiger partial charge in [-0.1, -0.05) is 30.3 Å². The van der Waals surface area contributed by atoms with Gasteiger partial charge in [-0.3, -0.25) is 4.79 Å². The molecule has 0 bridgehead atoms. The zero-order valence-electron chi connectivity index (χ0n) is 11.0. The molecule has 1 heterocycles. The minimum atomic E-state index is -1.01. The first kappa shape index (κ1) is 13.9. The van der Waals surface area contributed by atoms with E-state index >= 15 is 0 Å². The van der Waals surface area contributed by atoms with E-state index < -0.39 is 23.2 Å². The second kappa shape index (κ2) is 5.61. The minimum Gasteiger partial charge on any atom is -0.503 e. The average Bonchev–Trinajstić information content (AvgIpc) is 2.44. The fraction of sp³-hybridized carbons (Fsp3) is 0.200. The maximum absolute atomic E-state index is 11.5. The molecule has 2 aromatic rings. The fourth-order valence-corrected chi connectivity index (χ4v) is 2.12. The molecule has 0 saturated carbocycles. The zero-order valence-corrected chi connectivity index (χ0v) is 11.0. The van der Waals surface area contributed by atoms with Crippen molar-refractivity contribution >= 4 is 5.97 Å². The zero-order chi connectivity index (χ0) is 14.7. The number of carboxylic acids is 1. The molecule has 0 spiro atoms. The lowest BCUT2D eigenvalue weighted by molar-refractivity contribution is -0.140. The van der Waals surface area contributed by atoms with E-state index in [4.69, 9.17) is 0 Å². The van der Waals surface area contributed by atoms with Crippen LogP contribution in [0.2, 0.25) is 0 Å². The van der Waals surface area contributed by atoms with Gasteiger partial charge < -0.3 is 14.8 Å². The molecule has 1 atom stereocenters. The van der Waals surface area contributed by atoms with Crippen LogP contribution in [0.25, 0.3) is 0 Å². The van der Waals surface area contributed by atoms with Crippen LogP contribution in [0.1, 0.15) is 17.3 Å². The van der Waals surface area contributed by atoms with Crippen molar-refractivity contribution in [2.24, 2.45) is 0 Å². The van der Waals surface area contributed by atoms with E-state index in [-0.39, 0.29) is 12.1 Å². The molecule has 1 unspecified atom stereocenters. The average molecular weight is 273 g/mol. The molecule has 1 aromatic heterocycles. The molecule has 0 aliphatic carbocycles. The summed E-state index contributed by atoms with van der Waals surface area (Å²) in [4.78, 5) is 22.8. The van der Waals surface area contributed by atoms with Crippen LogP contribution in [0.15, 0.2) is 47.4 Å². The van der Waals surface area contributed by atoms with E-state index in [1.165, 1.54) is 23.8 Å². The molecule has 0 radical (unpaired) electrons. The van der Waals surface area contributed by atoms with Gasteiger partial charge in [-0.25, -0.2) is 4.79 Å². The molecule has 5 heteroatoms. The summed E-state index contributed by atoms with van der Waals surface area (Å²) < 4.78 is 1.41. The molecule has 0 aliphatic heterocycles. The maximum Gasteiger partial charge on any atom is 0.327 e. The van der Waals surface area contributed by atoms with Crippen LogP contribution < -0.4 is 5.43 Å². The Bertz CT molecular complexity index is 676. The predicted octanol–water partition coefficient (Wildman–Crippen LogP) is 1.73. The van der Waals surface area contributed by atoms with Crippen LogP contribution >= 0.6 is 0 Å². The molecule has 0 fully saturated rings. The molecule has 2 N–H and O–H groups in total. The number of hydrogen-bond donors (Lipinski definition) is 2. The van der Waals surface area contributed by atoms with Crippen LogP contribution in [0.3, 0.4) is 0 Å². The predicted molar refractivity (Wildman–Crippen MR) is 73.9 cm³/mol. The van der Waals surface area contributed by atoms with E-state index in [1.54, 1.807) is 0 Å². The van der Waals surface area contributed by atoms with Crippen molar-refractivity contribution in [3.05, 3.63) is 64.1 Å². The summed E-state index contributed by atoms with van der Waals surface area (Å²) in [5.74, 6) is -1.42. The Morgan fingerprint density at radius 3 is 2.50 bits per heavy atom. The highest BCUT2D eigenvalue weighted by Gasteiger charge is 2.22. The molecule has 0 saturated heterocycles. The van der Waals surface area contributed by atoms with E-state index in [9.17, 15) is 19.8 Å². The highest BCUT2D eigenvalue weighted by Crippen LogP contribution is 2.20. The van der Waals surface area contributed by atoms with Crippen molar-refractivity contribution in [1.82, 2.24) is 4.57 Å². The minimum absolute atomic E-state index is 0.251. The number of hydrogen-bond acceptors (Lipinski definition) is 3. The third-order valence-electron chi connectivity index (χ3n) is 3.24. The van der Waals surface area contributed by atoms with Gasteiger partial charge in [0.15, 0.2) is 5.75 Å². The summed E-state index contributed by atoms with van der Waals surface area (Å²) in [6.45, 7) is 1.53. The van der Waals surface area contributed by atoms with Crippen LogP contribution in [0.5, 0.6) is 5.75 Å². The third-order valence-corrected chi connectivity index (χ3v) is 3.24. The van der Waals surface area contributed by atoms with E-state index in [0.717, 1.165) is 5.56 Å². The monoisotopic (exact) mass is 273 g/mol. The van der Waals surface area contributed by atoms with Crippen LogP contribution in [-0.4, -0.2) is 20.7 Å². The number of rotatable bonds is 4. The summed E-state index contributed by atoms with van der Waals surface area (Å²) in [5, 5.41) is 19.0. The van der Waals surface area contributed by atoms with Gasteiger partial charge in [-0.2, -0.15) is 0 Å². The third kappa shape index (κ3) is 2.71. The highest BCUT2D eigenvalue weighted by molar-refractivity contribution is 5.72. The van der Waals surface area contributed by atoms with Gasteiger partial charge in [0.1, 0.15) is 6.04 Å². The Morgan fingerprint density at radius 1 is 1.25 bits per heavy atom. The van der Waals surface area contributed by atoms with Gasteiger partial charge in [0.05, 0.1) is 5.69 Å². The SMILES string of the molecule is Cc1c(O)c(=O)ccn1C(Cc1ccccc1)C(=O)O. The van der Waals surface area contributed by atoms with Crippen LogP contribution in [-0.2, 0) is 11.2 Å². The number of aromatic hydroxyl groups is 1. The molecule has 104 valence electrons. The summed E-state index contributed by atoms with van der Waals surface area (Å²) in [7, 11) is 0. The normalized spacial score (nSPS) is 12.1. The van der Waals surface area contributed by atoms with Gasteiger partial charge in [-0.15, -0.1) is 0 Å². The molecule has 2 rings (SSSR count). The van der Waals surface area contributed by atoms with E-state index in [2.05, 4.69) is 0 Å². The van der Waals surface area contributed by atoms with Crippen molar-refractivity contribution in [2.75, 3.05) is 0 Å². The number of pyridine rings is 1. The van der Waals surface area contributed by atoms with E-state index in [1.807, 2.05) is 30.3 Å². The maximum atomic E-state index is 11.5. The number of nitrogens with zero attached hydrogens (tertiary/aromatic N) is 1. The Labute approximate surface area is 115 Å². The number of aromatic nitrogens is 1. The highest BCUT2D eigenvalue weighted by atomic mass is 16.4. The van der Waals surface area contributed by atoms with Crippen molar-refractivity contribution in [1.29, 1.82) is 0 Å². The first-order chi connectivity index (χ1) is 9.50. The Balaban J connectivity index is 2.42. The first-order valence-corrected chi connectivity index (χ1v) is 6.18. The molecule has 0 aliphatic rings. The second-order valence-electron chi connectivity index (χ2n) is 4.57. The largest absolute Gasteiger partial charge is 0.503 e. The smallest absolute Gasteiger partial charge is 0.327 e. The van der Waals surface area contributed by atoms with Crippen molar-refractivity contribution < 1.29 is 15.0 Å². The molecule has 0 amide bonds. The van der Waals surface area contributed by atoms with E-state index in [0.29, 0.717) is 0 Å². The fourth-order valence-electron chi connectivity index (χ4n) is 2.12. The lowest BCUT2D eigenvalue weighted by atomic mass is 10.1. The number of carboxylic acid groups (broad SMARTS) is 1. The molecule has 5 nitrogen and oxygen atoms in total. The summed E-state index contributed by atoms with van der Waals surface area (Å²) in [6, 6.07) is 9.51. The van der Waals surface area contributed by atoms with Crippen molar-refractivity contribution in [3.63, 3.8) is 0 Å². The number of aliphatic carboxylic acids is 1. The lowest BCUT2D eigenvalue weighted by Crippen LogP contribution is -2.24. The van der Waals surface area contributed by atoms with Gasteiger partial charge in [-0.05, 0) is 12.5 Å².